The Balaban J connectivity index is 0.00000386. The molecule has 1 aromatic heterocycles. The molecule has 0 aliphatic carbocycles. The molecule has 5 aromatic rings. The summed E-state index contributed by atoms with van der Waals surface area (Å²) in [4.78, 5) is 0. The van der Waals surface area contributed by atoms with Crippen molar-refractivity contribution in [2.45, 2.75) is 25.8 Å². The minimum Gasteiger partial charge on any atom is -1.00 e. The second kappa shape index (κ2) is 13.7. The van der Waals surface area contributed by atoms with Crippen molar-refractivity contribution < 1.29 is 45.8 Å². The maximum Gasteiger partial charge on any atom is 0.231 e. The molecule has 7 nitrogen and oxygen atoms in total. The van der Waals surface area contributed by atoms with Crippen LogP contribution in [0.3, 0.4) is 0 Å². The maximum absolute atomic E-state index is 10.8. The number of hydrogen-bond donors (Lipinski definition) is 1. The molecule has 0 bridgehead atoms. The van der Waals surface area contributed by atoms with Gasteiger partial charge in [-0.15, -0.1) is 13.2 Å². The smallest absolute Gasteiger partial charge is 0.231 e. The third-order valence-corrected chi connectivity index (χ3v) is 8.54. The van der Waals surface area contributed by atoms with Gasteiger partial charge >= 0.3 is 0 Å². The average Bonchev–Trinajstić information content (AvgIpc) is 3.54. The highest BCUT2D eigenvalue weighted by Gasteiger charge is 2.28. The molecule has 0 saturated carbocycles. The Labute approximate surface area is 280 Å². The third-order valence-electron chi connectivity index (χ3n) is 8.54. The summed E-state index contributed by atoms with van der Waals surface area (Å²) in [5.74, 6) is 3.78. The summed E-state index contributed by atoms with van der Waals surface area (Å²) in [6, 6.07) is 22.0. The first kappa shape index (κ1) is 31.8. The van der Waals surface area contributed by atoms with Gasteiger partial charge in [-0.1, -0.05) is 24.3 Å². The lowest BCUT2D eigenvalue weighted by Crippen LogP contribution is -3.00. The number of aromatic nitrogens is 1. The Kier molecular flexibility index (Phi) is 9.27. The van der Waals surface area contributed by atoms with Gasteiger partial charge in [0, 0.05) is 23.6 Å². The number of methoxy groups -OCH3 is 1. The topological polar surface area (TPSA) is 70.3 Å². The average molecular weight is 650 g/mol. The number of allylic oxidation sites excluding steroid dienone is 2. The van der Waals surface area contributed by atoms with Crippen LogP contribution in [0, 0.1) is 0 Å². The number of phenols is 1. The van der Waals surface area contributed by atoms with Gasteiger partial charge in [0.15, 0.2) is 35.7 Å². The van der Waals surface area contributed by atoms with E-state index in [0.717, 1.165) is 63.2 Å². The quantitative estimate of drug-likeness (QED) is 0.130. The van der Waals surface area contributed by atoms with E-state index in [0.29, 0.717) is 48.9 Å². The van der Waals surface area contributed by atoms with Gasteiger partial charge in [-0.25, -0.2) is 0 Å². The molecular formula is C39H36ClNO6. The van der Waals surface area contributed by atoms with Gasteiger partial charge in [-0.2, -0.15) is 4.57 Å². The van der Waals surface area contributed by atoms with E-state index in [1.165, 1.54) is 5.56 Å². The summed E-state index contributed by atoms with van der Waals surface area (Å²) in [6.07, 6.45) is 8.17. The predicted octanol–water partition coefficient (Wildman–Crippen LogP) is 4.38. The minimum absolute atomic E-state index is 0. The van der Waals surface area contributed by atoms with Crippen LogP contribution < -0.4 is 40.7 Å². The summed E-state index contributed by atoms with van der Waals surface area (Å²) in [5.41, 5.74) is 7.20. The van der Waals surface area contributed by atoms with Crippen LogP contribution in [0.1, 0.15) is 16.7 Å². The van der Waals surface area contributed by atoms with Gasteiger partial charge < -0.3 is 41.2 Å². The second-order valence-electron chi connectivity index (χ2n) is 11.4. The summed E-state index contributed by atoms with van der Waals surface area (Å²) in [7, 11) is 1.65. The predicted molar refractivity (Wildman–Crippen MR) is 178 cm³/mol. The van der Waals surface area contributed by atoms with Gasteiger partial charge in [0.25, 0.3) is 0 Å². The van der Waals surface area contributed by atoms with Crippen LogP contribution in [0.5, 0.6) is 34.5 Å². The number of halogens is 1. The van der Waals surface area contributed by atoms with Gasteiger partial charge in [-0.05, 0) is 83.4 Å². The molecule has 2 aliphatic rings. The van der Waals surface area contributed by atoms with Crippen molar-refractivity contribution in [3.63, 3.8) is 0 Å². The van der Waals surface area contributed by atoms with Gasteiger partial charge in [-0.3, -0.25) is 0 Å². The van der Waals surface area contributed by atoms with Crippen LogP contribution in [0.4, 0.5) is 0 Å². The van der Waals surface area contributed by atoms with Crippen LogP contribution in [0.15, 0.2) is 98.2 Å². The molecule has 0 saturated heterocycles. The molecule has 2 aliphatic heterocycles. The van der Waals surface area contributed by atoms with Crippen LogP contribution in [-0.2, 0) is 25.8 Å². The molecular weight excluding hydrogens is 614 g/mol. The van der Waals surface area contributed by atoms with E-state index >= 15 is 0 Å². The van der Waals surface area contributed by atoms with E-state index in [9.17, 15) is 5.11 Å². The normalized spacial score (nSPS) is 12.4. The molecule has 0 atom stereocenters. The monoisotopic (exact) mass is 649 g/mol. The highest BCUT2D eigenvalue weighted by molar-refractivity contribution is 5.91. The molecule has 3 heterocycles. The molecule has 0 radical (unpaired) electrons. The van der Waals surface area contributed by atoms with E-state index in [2.05, 4.69) is 48.2 Å². The molecule has 7 rings (SSSR count). The molecule has 0 spiro atoms. The van der Waals surface area contributed by atoms with Crippen LogP contribution in [-0.4, -0.2) is 32.2 Å². The number of fused-ring (bicyclic) bond motifs is 5. The molecule has 0 unspecified atom stereocenters. The Bertz CT molecular complexity index is 1990. The van der Waals surface area contributed by atoms with Crippen molar-refractivity contribution in [2.75, 3.05) is 27.1 Å². The first-order chi connectivity index (χ1) is 22.6. The highest BCUT2D eigenvalue weighted by atomic mass is 35.5. The zero-order chi connectivity index (χ0) is 31.6. The number of phenolic OH excluding ortho intramolecular Hbond substituents is 1. The SMILES string of the molecule is C=CCc1ccc(O)c(-c2cc(CC=C)ccc2OCCOc2c(OC)ccc3cc4[n+](cc23)CCc2cc3c(cc2-4)OCO3)c1.[Cl-]. The van der Waals surface area contributed by atoms with Gasteiger partial charge in [0.1, 0.15) is 24.7 Å². The summed E-state index contributed by atoms with van der Waals surface area (Å²) < 4.78 is 32.0. The van der Waals surface area contributed by atoms with Crippen molar-refractivity contribution in [1.29, 1.82) is 0 Å². The van der Waals surface area contributed by atoms with Crippen LogP contribution >= 0.6 is 0 Å². The molecule has 4 aromatic carbocycles. The zero-order valence-corrected chi connectivity index (χ0v) is 27.0. The van der Waals surface area contributed by atoms with E-state index in [1.807, 2.05) is 48.6 Å². The van der Waals surface area contributed by atoms with Crippen molar-refractivity contribution in [3.8, 4) is 56.9 Å². The Morgan fingerprint density at radius 2 is 1.51 bits per heavy atom. The first-order valence-electron chi connectivity index (χ1n) is 15.5. The van der Waals surface area contributed by atoms with E-state index < -0.39 is 0 Å². The molecule has 0 fully saturated rings. The standard InChI is InChI=1S/C39H35NO6.ClH/c1-4-6-25-8-11-34(41)30(18-25)31-19-26(7-5-2)9-12-35(31)43-16-17-44-39-32-23-40-15-14-28-21-37-38(46-24-45-37)22-29(28)33(40)20-27(32)10-13-36(39)42-3;/h4-5,8-13,18-23H,1-2,6-7,14-17,24H2,3H3;1H. The Morgan fingerprint density at radius 3 is 2.28 bits per heavy atom. The number of nitrogens with zero attached hydrogens (tertiary/aromatic N) is 1. The van der Waals surface area contributed by atoms with E-state index in [-0.39, 0.29) is 24.9 Å². The Morgan fingerprint density at radius 1 is 0.809 bits per heavy atom. The molecule has 47 heavy (non-hydrogen) atoms. The van der Waals surface area contributed by atoms with Gasteiger partial charge in [0.2, 0.25) is 12.5 Å². The maximum atomic E-state index is 10.8. The molecule has 0 amide bonds. The molecule has 1 N–H and O–H groups in total. The Hall–Kier alpha value is -5.14. The molecule has 8 heteroatoms. The van der Waals surface area contributed by atoms with Gasteiger partial charge in [0.05, 0.1) is 18.1 Å². The van der Waals surface area contributed by atoms with Crippen molar-refractivity contribution >= 4 is 10.8 Å². The number of hydrogen-bond acceptors (Lipinski definition) is 6. The third kappa shape index (κ3) is 6.19. The fourth-order valence-corrected chi connectivity index (χ4v) is 6.30. The number of aryl methyl sites for hydroxylation is 2. The summed E-state index contributed by atoms with van der Waals surface area (Å²) >= 11 is 0. The van der Waals surface area contributed by atoms with Crippen molar-refractivity contribution in [1.82, 2.24) is 0 Å². The summed E-state index contributed by atoms with van der Waals surface area (Å²) in [5, 5.41) is 12.8. The number of aromatic hydroxyl groups is 1. The number of ether oxygens (including phenoxy) is 5. The second-order valence-corrected chi connectivity index (χ2v) is 11.4. The van der Waals surface area contributed by atoms with Crippen molar-refractivity contribution in [2.24, 2.45) is 0 Å². The van der Waals surface area contributed by atoms with Crippen LogP contribution in [0.2, 0.25) is 0 Å². The largest absolute Gasteiger partial charge is 1.00 e. The zero-order valence-electron chi connectivity index (χ0n) is 26.3. The minimum atomic E-state index is 0. The number of rotatable bonds is 11. The van der Waals surface area contributed by atoms with E-state index in [4.69, 9.17) is 23.7 Å². The number of pyridine rings is 1. The van der Waals surface area contributed by atoms with Crippen LogP contribution in [0.25, 0.3) is 33.2 Å². The molecule has 240 valence electrons. The van der Waals surface area contributed by atoms with Crippen molar-refractivity contribution in [3.05, 3.63) is 115 Å². The first-order valence-corrected chi connectivity index (χ1v) is 15.5. The fourth-order valence-electron chi connectivity index (χ4n) is 6.30. The van der Waals surface area contributed by atoms with E-state index in [1.54, 1.807) is 13.2 Å². The fraction of sp³-hybridized carbons (Fsp3) is 0.205. The lowest BCUT2D eigenvalue weighted by atomic mass is 9.95. The number of benzene rings is 4. The summed E-state index contributed by atoms with van der Waals surface area (Å²) in [6.45, 7) is 9.41. The lowest BCUT2D eigenvalue weighted by Gasteiger charge is -2.18. The lowest BCUT2D eigenvalue weighted by molar-refractivity contribution is -0.686. The highest BCUT2D eigenvalue weighted by Crippen LogP contribution is 2.42.